The van der Waals surface area contributed by atoms with Crippen LogP contribution in [0.1, 0.15) is 26.2 Å². The minimum Gasteiger partial charge on any atom is -0.481 e. The molecule has 2 aliphatic rings. The second-order valence-corrected chi connectivity index (χ2v) is 6.61. The molecule has 0 radical (unpaired) electrons. The second-order valence-electron chi connectivity index (χ2n) is 5.39. The third-order valence-electron chi connectivity index (χ3n) is 4.09. The Kier molecular flexibility index (Phi) is 4.60. The average molecular weight is 286 g/mol. The Morgan fingerprint density at radius 1 is 1.21 bits per heavy atom. The van der Waals surface area contributed by atoms with Gasteiger partial charge in [-0.05, 0) is 12.8 Å². The molecular weight excluding hydrogens is 264 g/mol. The third-order valence-corrected chi connectivity index (χ3v) is 5.03. The molecule has 1 atom stereocenters. The molecule has 2 rings (SSSR count). The van der Waals surface area contributed by atoms with E-state index in [1.165, 1.54) is 0 Å². The Balaban J connectivity index is 1.99. The van der Waals surface area contributed by atoms with Gasteiger partial charge < -0.3 is 14.9 Å². The third kappa shape index (κ3) is 2.99. The van der Waals surface area contributed by atoms with Crippen LogP contribution in [-0.4, -0.2) is 64.6 Å². The number of aliphatic carboxylic acids is 1. The summed E-state index contributed by atoms with van der Waals surface area (Å²) in [4.78, 5) is 27.5. The van der Waals surface area contributed by atoms with Crippen molar-refractivity contribution in [1.29, 1.82) is 0 Å². The number of likely N-dealkylation sites (tertiary alicyclic amines) is 1. The van der Waals surface area contributed by atoms with Crippen molar-refractivity contribution in [2.45, 2.75) is 26.2 Å². The van der Waals surface area contributed by atoms with E-state index in [0.717, 1.165) is 31.0 Å². The Hall–Kier alpha value is -0.910. The van der Waals surface area contributed by atoms with Gasteiger partial charge in [-0.15, -0.1) is 0 Å². The summed E-state index contributed by atoms with van der Waals surface area (Å²) < 4.78 is 0. The summed E-state index contributed by atoms with van der Waals surface area (Å²) in [6.45, 7) is 4.52. The van der Waals surface area contributed by atoms with Gasteiger partial charge in [-0.2, -0.15) is 11.8 Å². The van der Waals surface area contributed by atoms with Crippen LogP contribution in [0.2, 0.25) is 0 Å². The first-order valence-corrected chi connectivity index (χ1v) is 8.09. The zero-order valence-electron chi connectivity index (χ0n) is 11.4. The van der Waals surface area contributed by atoms with Gasteiger partial charge in [0.05, 0.1) is 5.41 Å². The van der Waals surface area contributed by atoms with Crippen molar-refractivity contribution in [2.24, 2.45) is 5.41 Å². The van der Waals surface area contributed by atoms with Crippen molar-refractivity contribution in [2.75, 3.05) is 37.7 Å². The summed E-state index contributed by atoms with van der Waals surface area (Å²) in [5, 5.41) is 9.45. The molecule has 0 bridgehead atoms. The fourth-order valence-electron chi connectivity index (χ4n) is 2.95. The van der Waals surface area contributed by atoms with E-state index in [2.05, 4.69) is 0 Å². The monoisotopic (exact) mass is 286 g/mol. The van der Waals surface area contributed by atoms with Crippen LogP contribution in [0, 0.1) is 5.41 Å². The fourth-order valence-corrected chi connectivity index (χ4v) is 3.86. The van der Waals surface area contributed by atoms with Crippen LogP contribution in [-0.2, 0) is 4.79 Å². The van der Waals surface area contributed by atoms with E-state index in [-0.39, 0.29) is 6.03 Å². The van der Waals surface area contributed by atoms with Gasteiger partial charge in [-0.25, -0.2) is 4.79 Å². The number of hydrogen-bond acceptors (Lipinski definition) is 3. The highest BCUT2D eigenvalue weighted by molar-refractivity contribution is 7.99. The van der Waals surface area contributed by atoms with Crippen molar-refractivity contribution in [3.8, 4) is 0 Å². The van der Waals surface area contributed by atoms with Crippen molar-refractivity contribution >= 4 is 23.8 Å². The van der Waals surface area contributed by atoms with Crippen LogP contribution in [0.4, 0.5) is 4.79 Å². The number of carbonyl (C=O) groups excluding carboxylic acids is 1. The van der Waals surface area contributed by atoms with Gasteiger partial charge in [0.25, 0.3) is 0 Å². The Labute approximate surface area is 118 Å². The van der Waals surface area contributed by atoms with E-state index in [0.29, 0.717) is 25.9 Å². The highest BCUT2D eigenvalue weighted by atomic mass is 32.2. The number of carboxylic acid groups (broad SMARTS) is 1. The zero-order valence-corrected chi connectivity index (χ0v) is 12.2. The highest BCUT2D eigenvalue weighted by Gasteiger charge is 2.46. The minimum absolute atomic E-state index is 0.0273. The van der Waals surface area contributed by atoms with Crippen molar-refractivity contribution < 1.29 is 14.7 Å². The lowest BCUT2D eigenvalue weighted by Crippen LogP contribution is -2.47. The first-order chi connectivity index (χ1) is 9.09. The Morgan fingerprint density at radius 2 is 1.89 bits per heavy atom. The number of rotatable bonds is 3. The summed E-state index contributed by atoms with van der Waals surface area (Å²) in [5.41, 5.74) is -0.713. The molecule has 0 spiro atoms. The molecule has 1 N–H and O–H groups in total. The van der Waals surface area contributed by atoms with Crippen LogP contribution in [0.3, 0.4) is 0 Å². The maximum Gasteiger partial charge on any atom is 0.320 e. The minimum atomic E-state index is -0.751. The molecule has 0 aromatic heterocycles. The number of nitrogens with zero attached hydrogens (tertiary/aromatic N) is 2. The molecular formula is C13H22N2O3S. The van der Waals surface area contributed by atoms with Gasteiger partial charge in [-0.1, -0.05) is 13.3 Å². The highest BCUT2D eigenvalue weighted by Crippen LogP contribution is 2.36. The summed E-state index contributed by atoms with van der Waals surface area (Å²) in [5.74, 6) is 1.22. The maximum atomic E-state index is 12.4. The van der Waals surface area contributed by atoms with E-state index < -0.39 is 11.4 Å². The summed E-state index contributed by atoms with van der Waals surface area (Å²) >= 11 is 1.86. The van der Waals surface area contributed by atoms with E-state index in [4.69, 9.17) is 0 Å². The first-order valence-electron chi connectivity index (χ1n) is 6.94. The predicted molar refractivity (Wildman–Crippen MR) is 75.5 cm³/mol. The molecule has 1 unspecified atom stereocenters. The number of amides is 2. The largest absolute Gasteiger partial charge is 0.481 e. The van der Waals surface area contributed by atoms with E-state index in [1.54, 1.807) is 4.90 Å². The summed E-state index contributed by atoms with van der Waals surface area (Å²) in [7, 11) is 0. The molecule has 2 fully saturated rings. The van der Waals surface area contributed by atoms with Gasteiger partial charge in [0.1, 0.15) is 0 Å². The molecule has 2 aliphatic heterocycles. The molecule has 2 saturated heterocycles. The summed E-state index contributed by atoms with van der Waals surface area (Å²) in [6, 6.07) is 0.0273. The van der Waals surface area contributed by atoms with Crippen LogP contribution in [0.5, 0.6) is 0 Å². The lowest BCUT2D eigenvalue weighted by molar-refractivity contribution is -0.148. The number of urea groups is 1. The maximum absolute atomic E-state index is 12.4. The van der Waals surface area contributed by atoms with Gasteiger partial charge in [-0.3, -0.25) is 4.79 Å². The zero-order chi connectivity index (χ0) is 13.9. The Morgan fingerprint density at radius 3 is 2.47 bits per heavy atom. The van der Waals surface area contributed by atoms with Crippen LogP contribution in [0.25, 0.3) is 0 Å². The molecule has 0 saturated carbocycles. The van der Waals surface area contributed by atoms with Crippen LogP contribution in [0.15, 0.2) is 0 Å². The molecule has 2 amide bonds. The lowest BCUT2D eigenvalue weighted by atomic mass is 9.83. The second kappa shape index (κ2) is 6.03. The summed E-state index contributed by atoms with van der Waals surface area (Å²) in [6.07, 6.45) is 2.08. The van der Waals surface area contributed by atoms with Crippen molar-refractivity contribution in [3.63, 3.8) is 0 Å². The van der Waals surface area contributed by atoms with Gasteiger partial charge in [0.2, 0.25) is 0 Å². The average Bonchev–Trinajstić information content (AvgIpc) is 2.85. The number of hydrogen-bond donors (Lipinski definition) is 1. The smallest absolute Gasteiger partial charge is 0.320 e. The molecule has 2 heterocycles. The predicted octanol–water partition coefficient (Wildman–Crippen LogP) is 1.73. The van der Waals surface area contributed by atoms with Crippen molar-refractivity contribution in [3.05, 3.63) is 0 Å². The quantitative estimate of drug-likeness (QED) is 0.858. The van der Waals surface area contributed by atoms with E-state index in [1.807, 2.05) is 23.6 Å². The SMILES string of the molecule is CCCC1(C(=O)O)CCN(C(=O)N2CCSCC2)C1. The number of thioether (sulfide) groups is 1. The topological polar surface area (TPSA) is 60.9 Å². The van der Waals surface area contributed by atoms with Crippen LogP contribution >= 0.6 is 11.8 Å². The van der Waals surface area contributed by atoms with Gasteiger partial charge in [0.15, 0.2) is 0 Å². The molecule has 0 aliphatic carbocycles. The number of carboxylic acids is 1. The first kappa shape index (κ1) is 14.5. The lowest BCUT2D eigenvalue weighted by Gasteiger charge is -2.31. The fraction of sp³-hybridized carbons (Fsp3) is 0.846. The molecule has 108 valence electrons. The van der Waals surface area contributed by atoms with Crippen molar-refractivity contribution in [1.82, 2.24) is 9.80 Å². The molecule has 5 nitrogen and oxygen atoms in total. The van der Waals surface area contributed by atoms with E-state index in [9.17, 15) is 14.7 Å². The number of carbonyl (C=O) groups is 2. The standard InChI is InChI=1S/C13H22N2O3S/c1-2-3-13(11(16)17)4-5-15(10-13)12(18)14-6-8-19-9-7-14/h2-10H2,1H3,(H,16,17). The van der Waals surface area contributed by atoms with Crippen LogP contribution < -0.4 is 0 Å². The molecule has 0 aromatic rings. The molecule has 0 aromatic carbocycles. The normalized spacial score (nSPS) is 27.6. The van der Waals surface area contributed by atoms with E-state index >= 15 is 0 Å². The molecule has 19 heavy (non-hydrogen) atoms. The van der Waals surface area contributed by atoms with Gasteiger partial charge >= 0.3 is 12.0 Å². The molecule has 6 heteroatoms. The Bertz CT molecular complexity index is 358. The van der Waals surface area contributed by atoms with Gasteiger partial charge in [0, 0.05) is 37.7 Å².